The van der Waals surface area contributed by atoms with Gasteiger partial charge in [0, 0.05) is 24.9 Å². The van der Waals surface area contributed by atoms with Gasteiger partial charge in [0.1, 0.15) is 0 Å². The number of likely N-dealkylation sites (tertiary alicyclic amines) is 2. The molecule has 2 saturated carbocycles. The number of carbonyl (C=O) groups excluding carboxylic acids is 4. The molecule has 2 aliphatic carbocycles. The molecule has 4 bridgehead atoms. The van der Waals surface area contributed by atoms with Crippen LogP contribution in [-0.2, 0) is 19.2 Å². The summed E-state index contributed by atoms with van der Waals surface area (Å²) in [5, 5.41) is 0. The largest absolute Gasteiger partial charge is 0.282 e. The molecule has 6 heteroatoms. The van der Waals surface area contributed by atoms with E-state index in [4.69, 9.17) is 0 Å². The van der Waals surface area contributed by atoms with Crippen LogP contribution in [0.3, 0.4) is 0 Å². The normalized spacial score (nSPS) is 39.3. The standard InChI is InChI=1S/C24H36N2O4/c1-21(2)15-9-11-23(21,5)19(29)25(17(15)27)13-7-8-14-26-18(28)16-10-12-24(6,20(26)30)22(16,3)4/h15-16H,7-14H2,1-6H3/t15-,16-,23-,24-/m1/s1. The molecule has 0 radical (unpaired) electrons. The van der Waals surface area contributed by atoms with Crippen molar-refractivity contribution in [2.75, 3.05) is 13.1 Å². The van der Waals surface area contributed by atoms with E-state index in [1.54, 1.807) is 0 Å². The SMILES string of the molecule is CC1(C)[C@@H]2CC[C@]1(C)C(=O)N(CCCCN1C(=O)[C@H]3CC[C@](C)(C1=O)C3(C)C)C2=O. The van der Waals surface area contributed by atoms with E-state index in [9.17, 15) is 19.2 Å². The summed E-state index contributed by atoms with van der Waals surface area (Å²) in [5.74, 6) is -0.381. The molecule has 0 aromatic carbocycles. The lowest BCUT2D eigenvalue weighted by Gasteiger charge is -2.48. The quantitative estimate of drug-likeness (QED) is 0.509. The maximum absolute atomic E-state index is 13.1. The molecular weight excluding hydrogens is 380 g/mol. The summed E-state index contributed by atoms with van der Waals surface area (Å²) in [5.41, 5.74) is -1.56. The topological polar surface area (TPSA) is 74.8 Å². The van der Waals surface area contributed by atoms with E-state index in [1.165, 1.54) is 9.80 Å². The van der Waals surface area contributed by atoms with Crippen LogP contribution < -0.4 is 0 Å². The van der Waals surface area contributed by atoms with Crippen molar-refractivity contribution in [2.45, 2.75) is 80.1 Å². The summed E-state index contributed by atoms with van der Waals surface area (Å²) in [4.78, 5) is 55.1. The number of piperidine rings is 2. The van der Waals surface area contributed by atoms with Crippen LogP contribution in [0.2, 0.25) is 0 Å². The molecule has 0 spiro atoms. The minimum atomic E-state index is -0.482. The van der Waals surface area contributed by atoms with Gasteiger partial charge in [0.05, 0.1) is 10.8 Å². The highest BCUT2D eigenvalue weighted by Crippen LogP contribution is 2.61. The van der Waals surface area contributed by atoms with Crippen LogP contribution in [0.4, 0.5) is 0 Å². The van der Waals surface area contributed by atoms with E-state index in [1.807, 2.05) is 41.5 Å². The number of nitrogens with zero attached hydrogens (tertiary/aromatic N) is 2. The molecule has 166 valence electrons. The summed E-state index contributed by atoms with van der Waals surface area (Å²) in [6.07, 6.45) is 4.30. The van der Waals surface area contributed by atoms with Crippen LogP contribution in [-0.4, -0.2) is 46.5 Å². The third kappa shape index (κ3) is 2.42. The van der Waals surface area contributed by atoms with Crippen LogP contribution in [0.5, 0.6) is 0 Å². The third-order valence-electron chi connectivity index (χ3n) is 10.0. The van der Waals surface area contributed by atoms with Crippen LogP contribution in [0.25, 0.3) is 0 Å². The van der Waals surface area contributed by atoms with E-state index in [-0.39, 0.29) is 46.3 Å². The van der Waals surface area contributed by atoms with Crippen molar-refractivity contribution in [3.8, 4) is 0 Å². The van der Waals surface area contributed by atoms with Crippen molar-refractivity contribution in [2.24, 2.45) is 33.5 Å². The first-order valence-corrected chi connectivity index (χ1v) is 11.5. The van der Waals surface area contributed by atoms with Gasteiger partial charge in [0.2, 0.25) is 23.6 Å². The first kappa shape index (κ1) is 21.5. The molecular formula is C24H36N2O4. The molecule has 6 nitrogen and oxygen atoms in total. The summed E-state index contributed by atoms with van der Waals surface area (Å²) in [6, 6.07) is 0. The van der Waals surface area contributed by atoms with Gasteiger partial charge in [-0.1, -0.05) is 41.5 Å². The highest BCUT2D eigenvalue weighted by Gasteiger charge is 2.65. The minimum Gasteiger partial charge on any atom is -0.282 e. The highest BCUT2D eigenvalue weighted by atomic mass is 16.2. The van der Waals surface area contributed by atoms with Gasteiger partial charge in [-0.2, -0.15) is 0 Å². The van der Waals surface area contributed by atoms with Crippen molar-refractivity contribution in [1.82, 2.24) is 9.80 Å². The van der Waals surface area contributed by atoms with Crippen molar-refractivity contribution in [3.05, 3.63) is 0 Å². The van der Waals surface area contributed by atoms with Gasteiger partial charge in [-0.05, 0) is 49.4 Å². The number of amides is 4. The molecule has 2 aliphatic heterocycles. The zero-order valence-electron chi connectivity index (χ0n) is 19.3. The first-order valence-electron chi connectivity index (χ1n) is 11.5. The predicted octanol–water partition coefficient (Wildman–Crippen LogP) is 3.39. The summed E-state index contributed by atoms with van der Waals surface area (Å²) < 4.78 is 0. The molecule has 4 rings (SSSR count). The molecule has 0 aromatic heterocycles. The Kier molecular flexibility index (Phi) is 4.58. The number of carbonyl (C=O) groups is 4. The second-order valence-corrected chi connectivity index (χ2v) is 11.6. The van der Waals surface area contributed by atoms with Gasteiger partial charge in [-0.3, -0.25) is 29.0 Å². The lowest BCUT2D eigenvalue weighted by atomic mass is 9.62. The molecule has 4 aliphatic rings. The lowest BCUT2D eigenvalue weighted by Crippen LogP contribution is -2.59. The Hall–Kier alpha value is -1.72. The highest BCUT2D eigenvalue weighted by molar-refractivity contribution is 6.04. The number of hydrogen-bond donors (Lipinski definition) is 0. The maximum Gasteiger partial charge on any atom is 0.235 e. The predicted molar refractivity (Wildman–Crippen MR) is 112 cm³/mol. The summed E-state index contributed by atoms with van der Waals surface area (Å²) >= 11 is 0. The van der Waals surface area contributed by atoms with Crippen LogP contribution >= 0.6 is 0 Å². The Balaban J connectivity index is 1.38. The number of fused-ring (bicyclic) bond motifs is 4. The number of unbranched alkanes of at least 4 members (excludes halogenated alkanes) is 1. The fraction of sp³-hybridized carbons (Fsp3) is 0.833. The molecule has 2 heterocycles. The van der Waals surface area contributed by atoms with Gasteiger partial charge in [0.25, 0.3) is 0 Å². The average Bonchev–Trinajstić information content (AvgIpc) is 2.97. The van der Waals surface area contributed by atoms with E-state index in [0.29, 0.717) is 25.9 Å². The number of imide groups is 2. The molecule has 0 unspecified atom stereocenters. The summed E-state index contributed by atoms with van der Waals surface area (Å²) in [6.45, 7) is 12.9. The van der Waals surface area contributed by atoms with Crippen molar-refractivity contribution < 1.29 is 19.2 Å². The first-order chi connectivity index (χ1) is 13.8. The zero-order chi connectivity index (χ0) is 22.3. The van der Waals surface area contributed by atoms with E-state index < -0.39 is 10.8 Å². The second-order valence-electron chi connectivity index (χ2n) is 11.6. The van der Waals surface area contributed by atoms with Gasteiger partial charge in [-0.25, -0.2) is 0 Å². The third-order valence-corrected chi connectivity index (χ3v) is 10.0. The average molecular weight is 417 g/mol. The van der Waals surface area contributed by atoms with Crippen molar-refractivity contribution in [3.63, 3.8) is 0 Å². The number of rotatable bonds is 5. The minimum absolute atomic E-state index is 0.0441. The van der Waals surface area contributed by atoms with Crippen LogP contribution in [0, 0.1) is 33.5 Å². The molecule has 0 N–H and O–H groups in total. The Labute approximate surface area is 179 Å². The Morgan fingerprint density at radius 1 is 0.667 bits per heavy atom. The lowest BCUT2D eigenvalue weighted by molar-refractivity contribution is -0.170. The molecule has 4 atom stereocenters. The fourth-order valence-corrected chi connectivity index (χ4v) is 6.77. The van der Waals surface area contributed by atoms with E-state index in [0.717, 1.165) is 25.7 Å². The van der Waals surface area contributed by atoms with E-state index in [2.05, 4.69) is 0 Å². The van der Waals surface area contributed by atoms with Crippen LogP contribution in [0.15, 0.2) is 0 Å². The fourth-order valence-electron chi connectivity index (χ4n) is 6.77. The smallest absolute Gasteiger partial charge is 0.235 e. The number of hydrogen-bond acceptors (Lipinski definition) is 4. The van der Waals surface area contributed by atoms with Crippen molar-refractivity contribution >= 4 is 23.6 Å². The van der Waals surface area contributed by atoms with Gasteiger partial charge < -0.3 is 0 Å². The van der Waals surface area contributed by atoms with Crippen molar-refractivity contribution in [1.29, 1.82) is 0 Å². The van der Waals surface area contributed by atoms with Gasteiger partial charge in [-0.15, -0.1) is 0 Å². The maximum atomic E-state index is 13.1. The molecule has 0 aromatic rings. The molecule has 30 heavy (non-hydrogen) atoms. The van der Waals surface area contributed by atoms with Crippen LogP contribution in [0.1, 0.15) is 80.1 Å². The Bertz CT molecular complexity index is 763. The Morgan fingerprint density at radius 2 is 1.00 bits per heavy atom. The van der Waals surface area contributed by atoms with E-state index >= 15 is 0 Å². The zero-order valence-corrected chi connectivity index (χ0v) is 19.3. The Morgan fingerprint density at radius 3 is 1.33 bits per heavy atom. The van der Waals surface area contributed by atoms with Gasteiger partial charge >= 0.3 is 0 Å². The molecule has 4 amide bonds. The molecule has 4 fully saturated rings. The summed E-state index contributed by atoms with van der Waals surface area (Å²) in [7, 11) is 0. The molecule has 2 saturated heterocycles. The van der Waals surface area contributed by atoms with Gasteiger partial charge in [0.15, 0.2) is 0 Å². The monoisotopic (exact) mass is 416 g/mol. The second kappa shape index (κ2) is 6.39.